The van der Waals surface area contributed by atoms with Crippen molar-refractivity contribution in [3.05, 3.63) is 47.3 Å². The lowest BCUT2D eigenvalue weighted by molar-refractivity contribution is 0.187. The number of likely N-dealkylation sites (tertiary alicyclic amines) is 1. The van der Waals surface area contributed by atoms with Crippen LogP contribution >= 0.6 is 0 Å². The van der Waals surface area contributed by atoms with Crippen molar-refractivity contribution in [2.75, 3.05) is 6.54 Å². The normalized spacial score (nSPS) is 22.7. The first-order valence-corrected chi connectivity index (χ1v) is 9.00. The summed E-state index contributed by atoms with van der Waals surface area (Å²) in [5, 5.41) is 17.5. The Labute approximate surface area is 147 Å². The Morgan fingerprint density at radius 3 is 3.00 bits per heavy atom. The van der Waals surface area contributed by atoms with E-state index >= 15 is 0 Å². The van der Waals surface area contributed by atoms with Crippen molar-refractivity contribution >= 4 is 6.03 Å². The van der Waals surface area contributed by atoms with Crippen molar-refractivity contribution in [3.63, 3.8) is 0 Å². The summed E-state index contributed by atoms with van der Waals surface area (Å²) < 4.78 is 1.78. The molecule has 2 atom stereocenters. The minimum absolute atomic E-state index is 0.0208. The maximum atomic E-state index is 12.9. The van der Waals surface area contributed by atoms with Gasteiger partial charge in [0.2, 0.25) is 0 Å². The molecule has 1 fully saturated rings. The number of carbonyl (C=O) groups is 1. The molecule has 4 rings (SSSR count). The third-order valence-electron chi connectivity index (χ3n) is 5.40. The van der Waals surface area contributed by atoms with Crippen molar-refractivity contribution in [2.45, 2.75) is 44.2 Å². The number of aryl methyl sites for hydroxylation is 1. The summed E-state index contributed by atoms with van der Waals surface area (Å²) in [6.45, 7) is 0.769. The average Bonchev–Trinajstić information content (AvgIpc) is 3.24. The Kier molecular flexibility index (Phi) is 4.11. The average molecular weight is 340 g/mol. The lowest BCUT2D eigenvalue weighted by atomic mass is 9.87. The van der Waals surface area contributed by atoms with E-state index < -0.39 is 0 Å². The molecule has 1 aliphatic heterocycles. The Balaban J connectivity index is 1.52. The zero-order valence-corrected chi connectivity index (χ0v) is 14.5. The van der Waals surface area contributed by atoms with Gasteiger partial charge in [-0.15, -0.1) is 0 Å². The van der Waals surface area contributed by atoms with Crippen LogP contribution < -0.4 is 5.32 Å². The molecule has 1 aliphatic carbocycles. The zero-order valence-electron chi connectivity index (χ0n) is 14.5. The number of hydrogen-bond acceptors (Lipinski definition) is 3. The summed E-state index contributed by atoms with van der Waals surface area (Å²) in [4.78, 5) is 14.8. The molecule has 2 aromatic rings. The quantitative estimate of drug-likeness (QED) is 0.883. The molecule has 2 aliphatic rings. The van der Waals surface area contributed by atoms with E-state index in [-0.39, 0.29) is 18.1 Å². The van der Waals surface area contributed by atoms with Crippen molar-refractivity contribution < 1.29 is 9.90 Å². The Morgan fingerprint density at radius 1 is 1.32 bits per heavy atom. The second-order valence-corrected chi connectivity index (χ2v) is 7.04. The Hall–Kier alpha value is -2.50. The van der Waals surface area contributed by atoms with Gasteiger partial charge in [0.25, 0.3) is 0 Å². The molecule has 25 heavy (non-hydrogen) atoms. The standard InChI is InChI=1S/C19H24N4O2/c1-22-12-13(11-20-22)17-8-4-10-23(17)19(25)21-16-7-2-6-15-14(16)5-3-9-18(15)24/h3,5,9,11-12,16-17,24H,2,4,6-8,10H2,1H3,(H,21,25)/t16-,17+/m1/s1. The first-order chi connectivity index (χ1) is 12.1. The van der Waals surface area contributed by atoms with Crippen LogP contribution in [0.3, 0.4) is 0 Å². The van der Waals surface area contributed by atoms with E-state index in [2.05, 4.69) is 10.4 Å². The van der Waals surface area contributed by atoms with E-state index in [1.807, 2.05) is 36.5 Å². The highest BCUT2D eigenvalue weighted by Crippen LogP contribution is 2.36. The molecule has 2 heterocycles. The molecule has 0 saturated carbocycles. The van der Waals surface area contributed by atoms with Gasteiger partial charge >= 0.3 is 6.03 Å². The maximum absolute atomic E-state index is 12.9. The van der Waals surface area contributed by atoms with Gasteiger partial charge in [0.05, 0.1) is 18.3 Å². The van der Waals surface area contributed by atoms with E-state index in [0.717, 1.165) is 55.3 Å². The molecule has 6 heteroatoms. The van der Waals surface area contributed by atoms with E-state index in [1.54, 1.807) is 10.7 Å². The molecule has 1 aromatic carbocycles. The number of rotatable bonds is 2. The predicted molar refractivity (Wildman–Crippen MR) is 94.2 cm³/mol. The van der Waals surface area contributed by atoms with Gasteiger partial charge in [0.1, 0.15) is 5.75 Å². The number of aromatic hydroxyl groups is 1. The van der Waals surface area contributed by atoms with Crippen LogP contribution in [-0.2, 0) is 13.5 Å². The van der Waals surface area contributed by atoms with Gasteiger partial charge in [0.15, 0.2) is 0 Å². The van der Waals surface area contributed by atoms with Crippen LogP contribution in [0.2, 0.25) is 0 Å². The van der Waals surface area contributed by atoms with Crippen LogP contribution in [-0.4, -0.2) is 32.4 Å². The smallest absolute Gasteiger partial charge is 0.318 e. The minimum Gasteiger partial charge on any atom is -0.508 e. The number of phenols is 1. The second-order valence-electron chi connectivity index (χ2n) is 7.04. The van der Waals surface area contributed by atoms with Crippen molar-refractivity contribution in [2.24, 2.45) is 7.05 Å². The molecular weight excluding hydrogens is 316 g/mol. The summed E-state index contributed by atoms with van der Waals surface area (Å²) in [5.41, 5.74) is 3.12. The second kappa shape index (κ2) is 6.43. The van der Waals surface area contributed by atoms with Gasteiger partial charge in [-0.25, -0.2) is 4.79 Å². The molecule has 2 amide bonds. The summed E-state index contributed by atoms with van der Waals surface area (Å²) in [5.74, 6) is 0.339. The van der Waals surface area contributed by atoms with Crippen molar-refractivity contribution in [1.29, 1.82) is 0 Å². The molecular formula is C19H24N4O2. The molecule has 132 valence electrons. The number of urea groups is 1. The summed E-state index contributed by atoms with van der Waals surface area (Å²) in [7, 11) is 1.90. The van der Waals surface area contributed by atoms with Gasteiger partial charge in [-0.3, -0.25) is 4.68 Å². The fourth-order valence-electron chi connectivity index (χ4n) is 4.18. The monoisotopic (exact) mass is 340 g/mol. The molecule has 0 spiro atoms. The van der Waals surface area contributed by atoms with Crippen LogP contribution in [0.15, 0.2) is 30.6 Å². The number of phenolic OH excluding ortho intramolecular Hbond substituents is 1. The number of nitrogens with one attached hydrogen (secondary N) is 1. The van der Waals surface area contributed by atoms with E-state index in [4.69, 9.17) is 0 Å². The largest absolute Gasteiger partial charge is 0.508 e. The number of fused-ring (bicyclic) bond motifs is 1. The highest BCUT2D eigenvalue weighted by atomic mass is 16.3. The fraction of sp³-hybridized carbons (Fsp3) is 0.474. The topological polar surface area (TPSA) is 70.4 Å². The van der Waals surface area contributed by atoms with Gasteiger partial charge < -0.3 is 15.3 Å². The Morgan fingerprint density at radius 2 is 2.20 bits per heavy atom. The molecule has 0 bridgehead atoms. The van der Waals surface area contributed by atoms with Crippen LogP contribution in [0, 0.1) is 0 Å². The minimum atomic E-state index is -0.0292. The number of nitrogens with zero attached hydrogens (tertiary/aromatic N) is 3. The molecule has 6 nitrogen and oxygen atoms in total. The lowest BCUT2D eigenvalue weighted by Crippen LogP contribution is -2.42. The highest BCUT2D eigenvalue weighted by Gasteiger charge is 2.33. The number of hydrogen-bond donors (Lipinski definition) is 2. The van der Waals surface area contributed by atoms with Crippen LogP contribution in [0.4, 0.5) is 4.79 Å². The molecule has 0 unspecified atom stereocenters. The fourth-order valence-corrected chi connectivity index (χ4v) is 4.18. The summed E-state index contributed by atoms with van der Waals surface area (Å²) >= 11 is 0. The summed E-state index contributed by atoms with van der Waals surface area (Å²) in [6.07, 6.45) is 8.58. The zero-order chi connectivity index (χ0) is 17.4. The van der Waals surface area contributed by atoms with E-state index in [1.165, 1.54) is 0 Å². The van der Waals surface area contributed by atoms with Crippen LogP contribution in [0.5, 0.6) is 5.75 Å². The first-order valence-electron chi connectivity index (χ1n) is 9.00. The van der Waals surface area contributed by atoms with Crippen molar-refractivity contribution in [3.8, 4) is 5.75 Å². The number of benzene rings is 1. The Bertz CT molecular complexity index is 785. The highest BCUT2D eigenvalue weighted by molar-refractivity contribution is 5.76. The van der Waals surface area contributed by atoms with Crippen LogP contribution in [0.1, 0.15) is 54.5 Å². The number of amides is 2. The SMILES string of the molecule is Cn1cc([C@@H]2CCCN2C(=O)N[C@@H]2CCCc3c(O)cccc32)cn1. The summed E-state index contributed by atoms with van der Waals surface area (Å²) in [6, 6.07) is 5.64. The third kappa shape index (κ3) is 2.97. The number of carbonyl (C=O) groups excluding carboxylic acids is 1. The van der Waals surface area contributed by atoms with Crippen LogP contribution in [0.25, 0.3) is 0 Å². The molecule has 0 radical (unpaired) electrons. The third-order valence-corrected chi connectivity index (χ3v) is 5.40. The van der Waals surface area contributed by atoms with E-state index in [0.29, 0.717) is 5.75 Å². The number of aromatic nitrogens is 2. The lowest BCUT2D eigenvalue weighted by Gasteiger charge is -2.31. The molecule has 2 N–H and O–H groups in total. The molecule has 1 aromatic heterocycles. The van der Waals surface area contributed by atoms with Gasteiger partial charge in [-0.05, 0) is 49.3 Å². The predicted octanol–water partition coefficient (Wildman–Crippen LogP) is 3.05. The van der Waals surface area contributed by atoms with E-state index in [9.17, 15) is 9.90 Å². The van der Waals surface area contributed by atoms with Gasteiger partial charge in [-0.2, -0.15) is 5.10 Å². The van der Waals surface area contributed by atoms with Gasteiger partial charge in [0, 0.05) is 25.4 Å². The molecule has 1 saturated heterocycles. The van der Waals surface area contributed by atoms with Gasteiger partial charge in [-0.1, -0.05) is 12.1 Å². The first kappa shape index (κ1) is 16.0. The van der Waals surface area contributed by atoms with Crippen molar-refractivity contribution in [1.82, 2.24) is 20.0 Å². The maximum Gasteiger partial charge on any atom is 0.318 e.